The second kappa shape index (κ2) is 9.61. The number of nitrogens with one attached hydrogen (secondary N) is 1. The number of carbonyl (C=O) groups is 1. The smallest absolute Gasteiger partial charge is 0.240 e. The number of amides is 1. The fourth-order valence-electron chi connectivity index (χ4n) is 2.27. The van der Waals surface area contributed by atoms with Gasteiger partial charge in [-0.1, -0.05) is 28.1 Å². The predicted molar refractivity (Wildman–Crippen MR) is 108 cm³/mol. The summed E-state index contributed by atoms with van der Waals surface area (Å²) in [6.07, 6.45) is 1.06. The van der Waals surface area contributed by atoms with Crippen molar-refractivity contribution in [3.63, 3.8) is 0 Å². The van der Waals surface area contributed by atoms with E-state index in [9.17, 15) is 13.2 Å². The van der Waals surface area contributed by atoms with Crippen LogP contribution in [0.1, 0.15) is 0 Å². The van der Waals surface area contributed by atoms with E-state index in [4.69, 9.17) is 9.47 Å². The number of anilines is 1. The lowest BCUT2D eigenvalue weighted by atomic mass is 10.3. The van der Waals surface area contributed by atoms with E-state index in [0.29, 0.717) is 17.2 Å². The Kier molecular flexibility index (Phi) is 7.49. The average molecular weight is 457 g/mol. The molecular formula is C18H21BrN2O5S. The number of methoxy groups -OCH3 is 1. The van der Waals surface area contributed by atoms with Crippen LogP contribution in [0.25, 0.3) is 0 Å². The average Bonchev–Trinajstić information content (AvgIpc) is 2.62. The van der Waals surface area contributed by atoms with Gasteiger partial charge in [0, 0.05) is 10.5 Å². The minimum Gasteiger partial charge on any atom is -0.497 e. The topological polar surface area (TPSA) is 84.9 Å². The molecule has 0 aliphatic rings. The van der Waals surface area contributed by atoms with Gasteiger partial charge < -0.3 is 14.8 Å². The van der Waals surface area contributed by atoms with Crippen LogP contribution >= 0.6 is 15.9 Å². The van der Waals surface area contributed by atoms with Crippen LogP contribution in [0.4, 0.5) is 5.69 Å². The Morgan fingerprint density at radius 2 is 1.85 bits per heavy atom. The summed E-state index contributed by atoms with van der Waals surface area (Å²) in [6.45, 7) is 0.176. The first-order valence-electron chi connectivity index (χ1n) is 8.06. The molecule has 0 fully saturated rings. The first kappa shape index (κ1) is 21.0. The van der Waals surface area contributed by atoms with E-state index in [1.54, 1.807) is 55.6 Å². The highest BCUT2D eigenvalue weighted by Gasteiger charge is 2.20. The molecule has 0 unspecified atom stereocenters. The molecule has 0 bridgehead atoms. The van der Waals surface area contributed by atoms with E-state index < -0.39 is 15.9 Å². The van der Waals surface area contributed by atoms with Gasteiger partial charge in [-0.3, -0.25) is 9.10 Å². The fourth-order valence-corrected chi connectivity index (χ4v) is 3.50. The molecule has 27 heavy (non-hydrogen) atoms. The molecule has 9 heteroatoms. The van der Waals surface area contributed by atoms with E-state index in [0.717, 1.165) is 15.0 Å². The molecule has 0 heterocycles. The summed E-state index contributed by atoms with van der Waals surface area (Å²) in [5, 5.41) is 2.66. The van der Waals surface area contributed by atoms with Gasteiger partial charge in [0.2, 0.25) is 15.9 Å². The monoisotopic (exact) mass is 456 g/mol. The molecule has 0 radical (unpaired) electrons. The number of halogens is 1. The lowest BCUT2D eigenvalue weighted by Gasteiger charge is -2.22. The molecule has 0 aliphatic carbocycles. The van der Waals surface area contributed by atoms with E-state index in [-0.39, 0.29) is 19.7 Å². The zero-order chi connectivity index (χ0) is 19.9. The molecular weight excluding hydrogens is 436 g/mol. The molecule has 7 nitrogen and oxygen atoms in total. The molecule has 2 rings (SSSR count). The molecule has 1 amide bonds. The maximum absolute atomic E-state index is 12.2. The molecule has 0 aliphatic heterocycles. The molecule has 2 aromatic carbocycles. The van der Waals surface area contributed by atoms with Gasteiger partial charge in [-0.2, -0.15) is 0 Å². The van der Waals surface area contributed by atoms with Crippen LogP contribution in [0.15, 0.2) is 53.0 Å². The molecule has 0 spiro atoms. The number of rotatable bonds is 9. The summed E-state index contributed by atoms with van der Waals surface area (Å²) in [5.41, 5.74) is 0.412. The summed E-state index contributed by atoms with van der Waals surface area (Å²) in [4.78, 5) is 12.2. The van der Waals surface area contributed by atoms with Gasteiger partial charge in [0.05, 0.1) is 25.6 Å². The van der Waals surface area contributed by atoms with Gasteiger partial charge in [0.25, 0.3) is 0 Å². The van der Waals surface area contributed by atoms with Crippen molar-refractivity contribution in [1.82, 2.24) is 5.32 Å². The van der Waals surface area contributed by atoms with Crippen molar-refractivity contribution >= 4 is 37.5 Å². The van der Waals surface area contributed by atoms with Crippen LogP contribution in [0, 0.1) is 0 Å². The summed E-state index contributed by atoms with van der Waals surface area (Å²) < 4.78 is 36.5. The zero-order valence-electron chi connectivity index (χ0n) is 15.0. The largest absolute Gasteiger partial charge is 0.497 e. The number of hydrogen-bond donors (Lipinski definition) is 1. The lowest BCUT2D eigenvalue weighted by molar-refractivity contribution is -0.119. The Bertz CT molecular complexity index is 889. The van der Waals surface area contributed by atoms with E-state index in [1.165, 1.54) is 0 Å². The summed E-state index contributed by atoms with van der Waals surface area (Å²) >= 11 is 3.30. The fraction of sp³-hybridized carbons (Fsp3) is 0.278. The van der Waals surface area contributed by atoms with Crippen molar-refractivity contribution in [3.05, 3.63) is 53.0 Å². The Balaban J connectivity index is 1.88. The second-order valence-electron chi connectivity index (χ2n) is 5.63. The normalized spacial score (nSPS) is 10.9. The standard InChI is InChI=1S/C18H21BrN2O5S/c1-25-16-7-4-8-17(12-16)26-10-9-20-18(22)13-21(27(2,23)24)15-6-3-5-14(19)11-15/h3-8,11-12H,9-10,13H2,1-2H3,(H,20,22). The molecule has 0 atom stereocenters. The van der Waals surface area contributed by atoms with Crippen molar-refractivity contribution in [3.8, 4) is 11.5 Å². The third kappa shape index (κ3) is 6.76. The van der Waals surface area contributed by atoms with Crippen molar-refractivity contribution in [2.24, 2.45) is 0 Å². The first-order valence-corrected chi connectivity index (χ1v) is 10.7. The Morgan fingerprint density at radius 1 is 1.15 bits per heavy atom. The number of sulfonamides is 1. The number of carbonyl (C=O) groups excluding carboxylic acids is 1. The van der Waals surface area contributed by atoms with Crippen molar-refractivity contribution in [2.75, 3.05) is 37.4 Å². The van der Waals surface area contributed by atoms with E-state index in [2.05, 4.69) is 21.2 Å². The maximum Gasteiger partial charge on any atom is 0.240 e. The number of nitrogens with zero attached hydrogens (tertiary/aromatic N) is 1. The quantitative estimate of drug-likeness (QED) is 0.585. The molecule has 0 saturated carbocycles. The van der Waals surface area contributed by atoms with Crippen molar-refractivity contribution < 1.29 is 22.7 Å². The van der Waals surface area contributed by atoms with E-state index >= 15 is 0 Å². The minimum absolute atomic E-state index is 0.242. The third-order valence-electron chi connectivity index (χ3n) is 3.52. The molecule has 146 valence electrons. The summed E-state index contributed by atoms with van der Waals surface area (Å²) in [6, 6.07) is 13.9. The molecule has 1 N–H and O–H groups in total. The van der Waals surface area contributed by atoms with Crippen LogP contribution in [-0.4, -0.2) is 47.4 Å². The number of ether oxygens (including phenoxy) is 2. The van der Waals surface area contributed by atoms with Crippen molar-refractivity contribution in [2.45, 2.75) is 0 Å². The highest BCUT2D eigenvalue weighted by Crippen LogP contribution is 2.22. The van der Waals surface area contributed by atoms with Gasteiger partial charge in [-0.05, 0) is 30.3 Å². The highest BCUT2D eigenvalue weighted by atomic mass is 79.9. The van der Waals surface area contributed by atoms with Gasteiger partial charge in [0.1, 0.15) is 24.7 Å². The van der Waals surface area contributed by atoms with Crippen LogP contribution < -0.4 is 19.1 Å². The maximum atomic E-state index is 12.2. The zero-order valence-corrected chi connectivity index (χ0v) is 17.4. The Hall–Kier alpha value is -2.26. The number of hydrogen-bond acceptors (Lipinski definition) is 5. The SMILES string of the molecule is COc1cccc(OCCNC(=O)CN(c2cccc(Br)c2)S(C)(=O)=O)c1. The van der Waals surface area contributed by atoms with Crippen molar-refractivity contribution in [1.29, 1.82) is 0 Å². The van der Waals surface area contributed by atoms with Crippen LogP contribution in [0.2, 0.25) is 0 Å². The van der Waals surface area contributed by atoms with Gasteiger partial charge >= 0.3 is 0 Å². The molecule has 0 aromatic heterocycles. The molecule has 0 saturated heterocycles. The third-order valence-corrected chi connectivity index (χ3v) is 5.15. The van der Waals surface area contributed by atoms with Gasteiger partial charge in [-0.15, -0.1) is 0 Å². The minimum atomic E-state index is -3.60. The Labute approximate surface area is 167 Å². The molecule has 2 aromatic rings. The number of benzene rings is 2. The van der Waals surface area contributed by atoms with Crippen LogP contribution in [-0.2, 0) is 14.8 Å². The highest BCUT2D eigenvalue weighted by molar-refractivity contribution is 9.10. The second-order valence-corrected chi connectivity index (χ2v) is 8.45. The first-order chi connectivity index (χ1) is 12.8. The van der Waals surface area contributed by atoms with E-state index in [1.807, 2.05) is 0 Å². The van der Waals surface area contributed by atoms with Gasteiger partial charge in [0.15, 0.2) is 0 Å². The summed E-state index contributed by atoms with van der Waals surface area (Å²) in [5.74, 6) is 0.875. The summed E-state index contributed by atoms with van der Waals surface area (Å²) in [7, 11) is -2.04. The van der Waals surface area contributed by atoms with Crippen LogP contribution in [0.5, 0.6) is 11.5 Å². The lowest BCUT2D eigenvalue weighted by Crippen LogP contribution is -2.41. The predicted octanol–water partition coefficient (Wildman–Crippen LogP) is 2.42. The van der Waals surface area contributed by atoms with Crippen LogP contribution in [0.3, 0.4) is 0 Å². The Morgan fingerprint density at radius 3 is 2.52 bits per heavy atom. The van der Waals surface area contributed by atoms with Gasteiger partial charge in [-0.25, -0.2) is 8.42 Å².